The van der Waals surface area contributed by atoms with E-state index in [1.165, 1.54) is 19.3 Å². The van der Waals surface area contributed by atoms with Gasteiger partial charge in [-0.3, -0.25) is 4.79 Å². The maximum Gasteiger partial charge on any atom is 0.317 e. The van der Waals surface area contributed by atoms with Gasteiger partial charge < -0.3 is 20.3 Å². The Hall–Kier alpha value is -1.30. The number of carbonyl (C=O) groups excluding carboxylic acids is 2. The SMILES string of the molecule is CCC(=O)N1CCC(NC(=O)NC23CC4CC(CC(C4)O2)C3)CC1. The van der Waals surface area contributed by atoms with Gasteiger partial charge in [0.2, 0.25) is 5.91 Å². The summed E-state index contributed by atoms with van der Waals surface area (Å²) < 4.78 is 6.21. The van der Waals surface area contributed by atoms with Gasteiger partial charge >= 0.3 is 6.03 Å². The van der Waals surface area contributed by atoms with Crippen molar-refractivity contribution in [2.24, 2.45) is 11.8 Å². The zero-order valence-electron chi connectivity index (χ0n) is 14.6. The number of rotatable bonds is 3. The molecule has 0 aromatic carbocycles. The highest BCUT2D eigenvalue weighted by Crippen LogP contribution is 2.51. The minimum Gasteiger partial charge on any atom is -0.352 e. The van der Waals surface area contributed by atoms with Crippen LogP contribution in [-0.2, 0) is 9.53 Å². The molecule has 24 heavy (non-hydrogen) atoms. The predicted octanol–water partition coefficient (Wildman–Crippen LogP) is 1.99. The summed E-state index contributed by atoms with van der Waals surface area (Å²) in [5.41, 5.74) is -0.419. The van der Waals surface area contributed by atoms with Crippen molar-refractivity contribution in [3.05, 3.63) is 0 Å². The van der Waals surface area contributed by atoms with Crippen LogP contribution in [0, 0.1) is 11.8 Å². The molecule has 0 spiro atoms. The van der Waals surface area contributed by atoms with Gasteiger partial charge in [0, 0.05) is 25.6 Å². The highest BCUT2D eigenvalue weighted by Gasteiger charge is 2.52. The number of nitrogens with zero attached hydrogens (tertiary/aromatic N) is 1. The molecule has 3 amide bonds. The molecule has 2 atom stereocenters. The molecule has 6 nitrogen and oxygen atoms in total. The number of amides is 3. The molecular formula is C18H29N3O3. The van der Waals surface area contributed by atoms with Crippen molar-refractivity contribution in [3.63, 3.8) is 0 Å². The number of ether oxygens (including phenoxy) is 1. The molecule has 5 aliphatic rings. The van der Waals surface area contributed by atoms with E-state index in [2.05, 4.69) is 10.6 Å². The molecule has 5 fully saturated rings. The second-order valence-corrected chi connectivity index (χ2v) is 8.19. The van der Waals surface area contributed by atoms with Crippen molar-refractivity contribution in [3.8, 4) is 0 Å². The minimum atomic E-state index is -0.419. The van der Waals surface area contributed by atoms with Crippen LogP contribution < -0.4 is 10.6 Å². The van der Waals surface area contributed by atoms with Crippen molar-refractivity contribution < 1.29 is 14.3 Å². The van der Waals surface area contributed by atoms with Crippen molar-refractivity contribution in [1.82, 2.24) is 15.5 Å². The third kappa shape index (κ3) is 3.13. The molecule has 3 heterocycles. The Bertz CT molecular complexity index is 478. The molecule has 2 N–H and O–H groups in total. The van der Waals surface area contributed by atoms with E-state index in [0.717, 1.165) is 50.6 Å². The fourth-order valence-electron chi connectivity index (χ4n) is 5.42. The van der Waals surface area contributed by atoms with E-state index in [-0.39, 0.29) is 18.0 Å². The number of carbonyl (C=O) groups is 2. The van der Waals surface area contributed by atoms with Crippen molar-refractivity contribution in [2.45, 2.75) is 76.2 Å². The Balaban J connectivity index is 1.28. The number of piperidine rings is 1. The number of likely N-dealkylation sites (tertiary alicyclic amines) is 1. The van der Waals surface area contributed by atoms with E-state index >= 15 is 0 Å². The van der Waals surface area contributed by atoms with Crippen LogP contribution >= 0.6 is 0 Å². The Kier molecular flexibility index (Phi) is 4.19. The Morgan fingerprint density at radius 1 is 1.12 bits per heavy atom. The van der Waals surface area contributed by atoms with Gasteiger partial charge in [0.1, 0.15) is 5.72 Å². The van der Waals surface area contributed by atoms with Crippen LogP contribution in [0.25, 0.3) is 0 Å². The van der Waals surface area contributed by atoms with Crippen molar-refractivity contribution in [2.75, 3.05) is 13.1 Å². The zero-order valence-corrected chi connectivity index (χ0v) is 14.6. The van der Waals surface area contributed by atoms with Crippen LogP contribution in [-0.4, -0.2) is 47.8 Å². The lowest BCUT2D eigenvalue weighted by atomic mass is 9.65. The Labute approximate surface area is 143 Å². The van der Waals surface area contributed by atoms with Crippen molar-refractivity contribution in [1.29, 1.82) is 0 Å². The maximum atomic E-state index is 12.5. The molecule has 134 valence electrons. The summed E-state index contributed by atoms with van der Waals surface area (Å²) in [6.45, 7) is 3.38. The summed E-state index contributed by atoms with van der Waals surface area (Å²) >= 11 is 0. The highest BCUT2D eigenvalue weighted by atomic mass is 16.5. The lowest BCUT2D eigenvalue weighted by molar-refractivity contribution is -0.228. The van der Waals surface area contributed by atoms with Gasteiger partial charge in [0.05, 0.1) is 6.10 Å². The first-order chi connectivity index (χ1) is 11.5. The largest absolute Gasteiger partial charge is 0.352 e. The molecule has 2 saturated carbocycles. The normalized spacial score (nSPS) is 38.2. The van der Waals surface area contributed by atoms with E-state index in [0.29, 0.717) is 12.5 Å². The lowest BCUT2D eigenvalue weighted by Gasteiger charge is -2.56. The standard InChI is InChI=1S/C18H29N3O3/c1-2-16(22)21-5-3-14(4-6-21)19-17(23)20-18-10-12-7-13(11-18)9-15(8-12)24-18/h12-15H,2-11H2,1H3,(H2,19,20,23). The van der Waals surface area contributed by atoms with Crippen LogP contribution in [0.15, 0.2) is 0 Å². The van der Waals surface area contributed by atoms with Crippen LogP contribution in [0.4, 0.5) is 4.79 Å². The fraction of sp³-hybridized carbons (Fsp3) is 0.889. The van der Waals surface area contributed by atoms with Gasteiger partial charge in [-0.05, 0) is 56.8 Å². The fourth-order valence-corrected chi connectivity index (χ4v) is 5.42. The average molecular weight is 335 g/mol. The van der Waals surface area contributed by atoms with Gasteiger partial charge in [-0.15, -0.1) is 0 Å². The van der Waals surface area contributed by atoms with Gasteiger partial charge in [-0.25, -0.2) is 4.79 Å². The molecule has 2 unspecified atom stereocenters. The summed E-state index contributed by atoms with van der Waals surface area (Å²) in [5, 5.41) is 6.27. The predicted molar refractivity (Wildman–Crippen MR) is 89.2 cm³/mol. The summed E-state index contributed by atoms with van der Waals surface area (Å²) in [4.78, 5) is 26.1. The van der Waals surface area contributed by atoms with Gasteiger partial charge in [0.25, 0.3) is 0 Å². The Morgan fingerprint density at radius 3 is 2.38 bits per heavy atom. The molecule has 3 saturated heterocycles. The average Bonchev–Trinajstić information content (AvgIpc) is 2.53. The first kappa shape index (κ1) is 16.2. The minimum absolute atomic E-state index is 0.0998. The number of nitrogens with one attached hydrogen (secondary N) is 2. The van der Waals surface area contributed by atoms with Crippen LogP contribution in [0.2, 0.25) is 0 Å². The zero-order chi connectivity index (χ0) is 16.7. The van der Waals surface area contributed by atoms with Crippen LogP contribution in [0.1, 0.15) is 58.3 Å². The monoisotopic (exact) mass is 335 g/mol. The molecule has 6 heteroatoms. The summed E-state index contributed by atoms with van der Waals surface area (Å²) in [7, 11) is 0. The van der Waals surface area contributed by atoms with Gasteiger partial charge in [-0.2, -0.15) is 0 Å². The van der Waals surface area contributed by atoms with Crippen LogP contribution in [0.3, 0.4) is 0 Å². The van der Waals surface area contributed by atoms with Gasteiger partial charge in [0.15, 0.2) is 0 Å². The molecule has 5 rings (SSSR count). The molecule has 2 aliphatic carbocycles. The summed E-state index contributed by atoms with van der Waals surface area (Å²) in [6, 6.07) is 0.0528. The molecule has 0 aromatic rings. The highest BCUT2D eigenvalue weighted by molar-refractivity contribution is 5.76. The first-order valence-electron chi connectivity index (χ1n) is 9.59. The van der Waals surface area contributed by atoms with E-state index in [1.807, 2.05) is 11.8 Å². The third-order valence-electron chi connectivity index (χ3n) is 6.31. The topological polar surface area (TPSA) is 70.7 Å². The molecule has 4 bridgehead atoms. The molecule has 0 radical (unpaired) electrons. The summed E-state index contributed by atoms with van der Waals surface area (Å²) in [5.74, 6) is 1.65. The maximum absolute atomic E-state index is 12.5. The van der Waals surface area contributed by atoms with Crippen LogP contribution in [0.5, 0.6) is 0 Å². The smallest absolute Gasteiger partial charge is 0.317 e. The van der Waals surface area contributed by atoms with E-state index in [9.17, 15) is 9.59 Å². The second-order valence-electron chi connectivity index (χ2n) is 8.19. The van der Waals surface area contributed by atoms with E-state index in [4.69, 9.17) is 4.74 Å². The number of hydrogen-bond acceptors (Lipinski definition) is 3. The summed E-state index contributed by atoms with van der Waals surface area (Å²) in [6.07, 6.45) is 8.17. The van der Waals surface area contributed by atoms with E-state index in [1.54, 1.807) is 0 Å². The Morgan fingerprint density at radius 2 is 1.79 bits per heavy atom. The third-order valence-corrected chi connectivity index (χ3v) is 6.31. The molecular weight excluding hydrogens is 306 g/mol. The number of urea groups is 1. The van der Waals surface area contributed by atoms with Gasteiger partial charge in [-0.1, -0.05) is 6.92 Å². The quantitative estimate of drug-likeness (QED) is 0.829. The second kappa shape index (κ2) is 6.21. The number of hydrogen-bond donors (Lipinski definition) is 2. The molecule has 0 aromatic heterocycles. The first-order valence-corrected chi connectivity index (χ1v) is 9.59. The van der Waals surface area contributed by atoms with Crippen molar-refractivity contribution >= 4 is 11.9 Å². The lowest BCUT2D eigenvalue weighted by Crippen LogP contribution is -2.65. The molecule has 3 aliphatic heterocycles. The van der Waals surface area contributed by atoms with E-state index < -0.39 is 5.72 Å².